The molecule has 4 aromatic carbocycles. The van der Waals surface area contributed by atoms with E-state index in [4.69, 9.17) is 32.7 Å². The van der Waals surface area contributed by atoms with Crippen LogP contribution in [0.1, 0.15) is 6.42 Å². The van der Waals surface area contributed by atoms with Crippen molar-refractivity contribution in [2.75, 3.05) is 23.4 Å². The van der Waals surface area contributed by atoms with E-state index >= 15 is 0 Å². The van der Waals surface area contributed by atoms with E-state index in [-0.39, 0.29) is 18.9 Å². The molecule has 9 heteroatoms. The van der Waals surface area contributed by atoms with Gasteiger partial charge in [-0.3, -0.25) is 14.4 Å². The van der Waals surface area contributed by atoms with Crippen LogP contribution < -0.4 is 15.0 Å². The van der Waals surface area contributed by atoms with E-state index in [1.807, 2.05) is 42.5 Å². The lowest BCUT2D eigenvalue weighted by molar-refractivity contribution is -0.151. The molecule has 1 aliphatic heterocycles. The summed E-state index contributed by atoms with van der Waals surface area (Å²) in [5, 5.41) is 5.33. The highest BCUT2D eigenvalue weighted by Gasteiger charge is 2.36. The predicted molar refractivity (Wildman–Crippen MR) is 147 cm³/mol. The van der Waals surface area contributed by atoms with Crippen LogP contribution in [0, 0.1) is 5.92 Å². The smallest absolute Gasteiger partial charge is 0.311 e. The van der Waals surface area contributed by atoms with Crippen molar-refractivity contribution in [2.45, 2.75) is 6.42 Å². The Bertz CT molecular complexity index is 1520. The Morgan fingerprint density at radius 2 is 1.71 bits per heavy atom. The van der Waals surface area contributed by atoms with Crippen LogP contribution in [0.25, 0.3) is 10.8 Å². The number of halogens is 2. The van der Waals surface area contributed by atoms with Gasteiger partial charge in [0.15, 0.2) is 6.61 Å². The number of amides is 2. The molecule has 0 aliphatic carbocycles. The van der Waals surface area contributed by atoms with Gasteiger partial charge in [0.25, 0.3) is 5.91 Å². The third-order valence-corrected chi connectivity index (χ3v) is 6.70. The maximum Gasteiger partial charge on any atom is 0.311 e. The second kappa shape index (κ2) is 11.1. The van der Waals surface area contributed by atoms with Crippen molar-refractivity contribution in [1.29, 1.82) is 0 Å². The second-order valence-electron chi connectivity index (χ2n) is 8.76. The van der Waals surface area contributed by atoms with Crippen LogP contribution in [0.4, 0.5) is 11.4 Å². The average molecular weight is 549 g/mol. The quantitative estimate of drug-likeness (QED) is 0.267. The molecule has 1 aliphatic rings. The number of carbonyl (C=O) groups excluding carboxylic acids is 3. The molecule has 4 aromatic rings. The standard InChI is InChI=1S/C29H22Cl2N2O5/c30-20-8-13-24(31)25(15-20)32-27(34)17-37-29(36)19-14-28(35)33(16-19)21-9-11-22(12-10-21)38-26-7-3-5-18-4-1-2-6-23(18)26/h1-13,15,19H,14,16-17H2,(H,32,34)/t19-/m0/s1. The first-order chi connectivity index (χ1) is 18.4. The minimum absolute atomic E-state index is 0.00513. The molecule has 1 atom stereocenters. The highest BCUT2D eigenvalue weighted by atomic mass is 35.5. The number of anilines is 2. The summed E-state index contributed by atoms with van der Waals surface area (Å²) in [7, 11) is 0. The summed E-state index contributed by atoms with van der Waals surface area (Å²) in [5.74, 6) is -0.716. The summed E-state index contributed by atoms with van der Waals surface area (Å²) < 4.78 is 11.2. The molecular formula is C29H22Cl2N2O5. The topological polar surface area (TPSA) is 84.9 Å². The summed E-state index contributed by atoms with van der Waals surface area (Å²) in [5.41, 5.74) is 0.958. The lowest BCUT2D eigenvalue weighted by Crippen LogP contribution is -2.28. The van der Waals surface area contributed by atoms with Crippen LogP contribution in [0.5, 0.6) is 11.5 Å². The van der Waals surface area contributed by atoms with Crippen molar-refractivity contribution in [2.24, 2.45) is 5.92 Å². The molecule has 0 aromatic heterocycles. The van der Waals surface area contributed by atoms with E-state index < -0.39 is 24.4 Å². The summed E-state index contributed by atoms with van der Waals surface area (Å²) in [6, 6.07) is 25.5. The fourth-order valence-corrected chi connectivity index (χ4v) is 4.59. The number of carbonyl (C=O) groups is 3. The van der Waals surface area contributed by atoms with Crippen molar-refractivity contribution < 1.29 is 23.9 Å². The van der Waals surface area contributed by atoms with Gasteiger partial charge in [0.1, 0.15) is 11.5 Å². The van der Waals surface area contributed by atoms with Crippen LogP contribution in [0.3, 0.4) is 0 Å². The number of fused-ring (bicyclic) bond motifs is 1. The number of hydrogen-bond acceptors (Lipinski definition) is 5. The lowest BCUT2D eigenvalue weighted by atomic mass is 10.1. The summed E-state index contributed by atoms with van der Waals surface area (Å²) in [4.78, 5) is 38.9. The normalized spacial score (nSPS) is 14.9. The third kappa shape index (κ3) is 5.74. The Morgan fingerprint density at radius 3 is 2.53 bits per heavy atom. The number of nitrogens with zero attached hydrogens (tertiary/aromatic N) is 1. The number of benzene rings is 4. The molecule has 7 nitrogen and oxygen atoms in total. The maximum absolute atomic E-state index is 12.6. The largest absolute Gasteiger partial charge is 0.457 e. The third-order valence-electron chi connectivity index (χ3n) is 6.13. The van der Waals surface area contributed by atoms with E-state index in [9.17, 15) is 14.4 Å². The Kier molecular flexibility index (Phi) is 7.49. The van der Waals surface area contributed by atoms with Gasteiger partial charge in [-0.25, -0.2) is 0 Å². The molecule has 1 N–H and O–H groups in total. The van der Waals surface area contributed by atoms with Gasteiger partial charge < -0.3 is 19.7 Å². The van der Waals surface area contributed by atoms with E-state index in [1.54, 1.807) is 36.4 Å². The zero-order chi connectivity index (χ0) is 26.6. The highest BCUT2D eigenvalue weighted by Crippen LogP contribution is 2.32. The minimum Gasteiger partial charge on any atom is -0.457 e. The molecule has 192 valence electrons. The van der Waals surface area contributed by atoms with Crippen LogP contribution in [-0.2, 0) is 19.1 Å². The fraction of sp³-hybridized carbons (Fsp3) is 0.138. The lowest BCUT2D eigenvalue weighted by Gasteiger charge is -2.17. The SMILES string of the molecule is O=C(COC(=O)[C@H]1CC(=O)N(c2ccc(Oc3cccc4ccccc34)cc2)C1)Nc1cc(Cl)ccc1Cl. The summed E-state index contributed by atoms with van der Waals surface area (Å²) in [6.45, 7) is -0.352. The average Bonchev–Trinajstić information content (AvgIpc) is 3.31. The van der Waals surface area contributed by atoms with Gasteiger partial charge in [0.2, 0.25) is 5.91 Å². The fourth-order valence-electron chi connectivity index (χ4n) is 4.25. The van der Waals surface area contributed by atoms with Gasteiger partial charge in [-0.1, -0.05) is 59.6 Å². The number of hydrogen-bond donors (Lipinski definition) is 1. The van der Waals surface area contributed by atoms with Crippen LogP contribution in [0.15, 0.2) is 84.9 Å². The van der Waals surface area contributed by atoms with Crippen molar-refractivity contribution >= 4 is 63.1 Å². The monoisotopic (exact) mass is 548 g/mol. The number of ether oxygens (including phenoxy) is 2. The van der Waals surface area contributed by atoms with Gasteiger partial charge in [-0.15, -0.1) is 0 Å². The molecule has 0 bridgehead atoms. The van der Waals surface area contributed by atoms with Gasteiger partial charge in [-0.2, -0.15) is 0 Å². The Labute approximate surface area is 228 Å². The van der Waals surface area contributed by atoms with Gasteiger partial charge in [-0.05, 0) is 53.9 Å². The van der Waals surface area contributed by atoms with Crippen molar-refractivity contribution in [3.63, 3.8) is 0 Å². The van der Waals surface area contributed by atoms with E-state index in [2.05, 4.69) is 5.32 Å². The van der Waals surface area contributed by atoms with Crippen molar-refractivity contribution in [1.82, 2.24) is 0 Å². The molecular weight excluding hydrogens is 527 g/mol. The molecule has 38 heavy (non-hydrogen) atoms. The van der Waals surface area contributed by atoms with E-state index in [0.717, 1.165) is 16.5 Å². The van der Waals surface area contributed by atoms with Gasteiger partial charge >= 0.3 is 5.97 Å². The van der Waals surface area contributed by atoms with E-state index in [0.29, 0.717) is 27.2 Å². The number of esters is 1. The molecule has 0 unspecified atom stereocenters. The first-order valence-electron chi connectivity index (χ1n) is 11.8. The molecule has 1 fully saturated rings. The Balaban J connectivity index is 1.17. The molecule has 2 amide bonds. The summed E-state index contributed by atoms with van der Waals surface area (Å²) in [6.07, 6.45) is -0.00513. The van der Waals surface area contributed by atoms with Crippen molar-refractivity contribution in [3.8, 4) is 11.5 Å². The van der Waals surface area contributed by atoms with Crippen LogP contribution in [-0.4, -0.2) is 30.9 Å². The van der Waals surface area contributed by atoms with Gasteiger partial charge in [0.05, 0.1) is 16.6 Å². The number of rotatable bonds is 7. The van der Waals surface area contributed by atoms with Crippen LogP contribution >= 0.6 is 23.2 Å². The molecule has 1 saturated heterocycles. The second-order valence-corrected chi connectivity index (χ2v) is 9.60. The predicted octanol–water partition coefficient (Wildman–Crippen LogP) is 6.47. The molecule has 0 saturated carbocycles. The number of nitrogens with one attached hydrogen (secondary N) is 1. The minimum atomic E-state index is -0.684. The van der Waals surface area contributed by atoms with Crippen LogP contribution in [0.2, 0.25) is 10.0 Å². The molecule has 5 rings (SSSR count). The van der Waals surface area contributed by atoms with Crippen molar-refractivity contribution in [3.05, 3.63) is 95.0 Å². The first kappa shape index (κ1) is 25.6. The molecule has 1 heterocycles. The zero-order valence-corrected chi connectivity index (χ0v) is 21.5. The highest BCUT2D eigenvalue weighted by molar-refractivity contribution is 6.35. The maximum atomic E-state index is 12.6. The molecule has 0 spiro atoms. The Morgan fingerprint density at radius 1 is 0.947 bits per heavy atom. The zero-order valence-electron chi connectivity index (χ0n) is 20.0. The Hall–Kier alpha value is -4.07. The van der Waals surface area contributed by atoms with E-state index in [1.165, 1.54) is 11.0 Å². The first-order valence-corrected chi connectivity index (χ1v) is 12.6. The molecule has 0 radical (unpaired) electrons. The van der Waals surface area contributed by atoms with Gasteiger partial charge in [0, 0.05) is 29.1 Å². The summed E-state index contributed by atoms with van der Waals surface area (Å²) >= 11 is 12.0.